The maximum Gasteiger partial charge on any atom is 0.261 e. The fourth-order valence-corrected chi connectivity index (χ4v) is 3.58. The van der Waals surface area contributed by atoms with Crippen LogP contribution in [0.2, 0.25) is 0 Å². The van der Waals surface area contributed by atoms with Crippen molar-refractivity contribution in [3.8, 4) is 5.75 Å². The van der Waals surface area contributed by atoms with E-state index in [9.17, 15) is 14.4 Å². The Kier molecular flexibility index (Phi) is 5.47. The molecule has 0 unspecified atom stereocenters. The van der Waals surface area contributed by atoms with Gasteiger partial charge in [-0.05, 0) is 30.7 Å². The molecule has 3 heterocycles. The number of pyridine rings is 1. The molecule has 0 aliphatic carbocycles. The fourth-order valence-electron chi connectivity index (χ4n) is 3.58. The highest BCUT2D eigenvalue weighted by Crippen LogP contribution is 2.22. The van der Waals surface area contributed by atoms with E-state index in [1.165, 1.54) is 4.90 Å². The molecule has 8 nitrogen and oxygen atoms in total. The molecule has 154 valence electrons. The van der Waals surface area contributed by atoms with Crippen LogP contribution >= 0.6 is 0 Å². The standard InChI is InChI=1S/C22H22N4O4/c1-30-18-8-4-12-25-14-15(24-20(18)25)10-11-23-19(27)9-5-13-26-21(28)16-6-2-3-7-17(16)22(26)29/h2-4,6-8,12,14H,5,9-11,13H2,1H3,(H,23,27). The summed E-state index contributed by atoms with van der Waals surface area (Å²) in [6, 6.07) is 10.5. The second kappa shape index (κ2) is 8.36. The van der Waals surface area contributed by atoms with Crippen molar-refractivity contribution < 1.29 is 19.1 Å². The summed E-state index contributed by atoms with van der Waals surface area (Å²) in [7, 11) is 1.60. The maximum absolute atomic E-state index is 12.3. The molecule has 1 aromatic carbocycles. The van der Waals surface area contributed by atoms with Gasteiger partial charge in [0.05, 0.1) is 23.9 Å². The lowest BCUT2D eigenvalue weighted by Crippen LogP contribution is -2.32. The Hall–Kier alpha value is -3.68. The Morgan fingerprint density at radius 3 is 2.53 bits per heavy atom. The number of carbonyl (C=O) groups is 3. The molecule has 1 aliphatic heterocycles. The molecule has 1 aliphatic rings. The number of hydrogen-bond acceptors (Lipinski definition) is 5. The summed E-state index contributed by atoms with van der Waals surface area (Å²) in [5, 5.41) is 2.86. The van der Waals surface area contributed by atoms with Gasteiger partial charge in [0, 0.05) is 38.3 Å². The summed E-state index contributed by atoms with van der Waals surface area (Å²) in [4.78, 5) is 42.5. The third-order valence-electron chi connectivity index (χ3n) is 5.08. The zero-order chi connectivity index (χ0) is 21.1. The van der Waals surface area contributed by atoms with Crippen LogP contribution in [-0.4, -0.2) is 52.2 Å². The number of nitrogens with one attached hydrogen (secondary N) is 1. The summed E-state index contributed by atoms with van der Waals surface area (Å²) in [6.07, 6.45) is 5.06. The summed E-state index contributed by atoms with van der Waals surface area (Å²) in [5.74, 6) is -0.00883. The van der Waals surface area contributed by atoms with Gasteiger partial charge in [0.15, 0.2) is 11.4 Å². The lowest BCUT2D eigenvalue weighted by atomic mass is 10.1. The third kappa shape index (κ3) is 3.76. The van der Waals surface area contributed by atoms with Crippen molar-refractivity contribution in [2.45, 2.75) is 19.3 Å². The van der Waals surface area contributed by atoms with Crippen LogP contribution in [0.25, 0.3) is 5.65 Å². The zero-order valence-electron chi connectivity index (χ0n) is 16.6. The van der Waals surface area contributed by atoms with E-state index < -0.39 is 0 Å². The van der Waals surface area contributed by atoms with Crippen molar-refractivity contribution >= 4 is 23.4 Å². The Morgan fingerprint density at radius 2 is 1.83 bits per heavy atom. The number of ether oxygens (including phenoxy) is 1. The minimum atomic E-state index is -0.293. The Labute approximate surface area is 173 Å². The first kappa shape index (κ1) is 19.6. The first-order valence-corrected chi connectivity index (χ1v) is 9.81. The van der Waals surface area contributed by atoms with E-state index in [2.05, 4.69) is 10.3 Å². The fraction of sp³-hybridized carbons (Fsp3) is 0.273. The Bertz CT molecular complexity index is 1090. The molecule has 1 N–H and O–H groups in total. The smallest absolute Gasteiger partial charge is 0.261 e. The van der Waals surface area contributed by atoms with E-state index in [-0.39, 0.29) is 30.7 Å². The largest absolute Gasteiger partial charge is 0.493 e. The van der Waals surface area contributed by atoms with E-state index in [1.807, 2.05) is 28.9 Å². The molecule has 0 saturated carbocycles. The number of imide groups is 1. The van der Waals surface area contributed by atoms with Gasteiger partial charge < -0.3 is 14.5 Å². The van der Waals surface area contributed by atoms with Crippen molar-refractivity contribution in [3.63, 3.8) is 0 Å². The monoisotopic (exact) mass is 406 g/mol. The highest BCUT2D eigenvalue weighted by Gasteiger charge is 2.34. The molecule has 0 atom stereocenters. The van der Waals surface area contributed by atoms with Crippen LogP contribution in [0.15, 0.2) is 48.8 Å². The van der Waals surface area contributed by atoms with E-state index in [0.717, 1.165) is 11.3 Å². The van der Waals surface area contributed by atoms with Crippen molar-refractivity contribution in [3.05, 3.63) is 65.6 Å². The van der Waals surface area contributed by atoms with Crippen molar-refractivity contribution in [2.75, 3.05) is 20.2 Å². The first-order valence-electron chi connectivity index (χ1n) is 9.81. The molecule has 4 rings (SSSR count). The quantitative estimate of drug-likeness (QED) is 0.578. The van der Waals surface area contributed by atoms with E-state index in [4.69, 9.17) is 4.74 Å². The van der Waals surface area contributed by atoms with Crippen molar-refractivity contribution in [1.82, 2.24) is 19.6 Å². The van der Waals surface area contributed by atoms with Crippen molar-refractivity contribution in [1.29, 1.82) is 0 Å². The molecule has 2 aromatic heterocycles. The Morgan fingerprint density at radius 1 is 1.10 bits per heavy atom. The summed E-state index contributed by atoms with van der Waals surface area (Å²) >= 11 is 0. The number of hydrogen-bond donors (Lipinski definition) is 1. The molecule has 3 amide bonds. The number of rotatable bonds is 8. The molecule has 0 radical (unpaired) electrons. The van der Waals surface area contributed by atoms with Gasteiger partial charge in [-0.1, -0.05) is 12.1 Å². The average Bonchev–Trinajstić information content (AvgIpc) is 3.28. The molecule has 8 heteroatoms. The number of methoxy groups -OCH3 is 1. The predicted octanol–water partition coefficient (Wildman–Crippen LogP) is 2.08. The van der Waals surface area contributed by atoms with Gasteiger partial charge in [0.2, 0.25) is 5.91 Å². The van der Waals surface area contributed by atoms with Gasteiger partial charge in [0.1, 0.15) is 0 Å². The van der Waals surface area contributed by atoms with Gasteiger partial charge >= 0.3 is 0 Å². The van der Waals surface area contributed by atoms with Crippen LogP contribution in [0, 0.1) is 0 Å². The molecule has 0 fully saturated rings. The average molecular weight is 406 g/mol. The normalized spacial score (nSPS) is 13.0. The van der Waals surface area contributed by atoms with Gasteiger partial charge in [-0.2, -0.15) is 0 Å². The minimum Gasteiger partial charge on any atom is -0.493 e. The summed E-state index contributed by atoms with van der Waals surface area (Å²) in [6.45, 7) is 0.685. The number of aromatic nitrogens is 2. The highest BCUT2D eigenvalue weighted by atomic mass is 16.5. The third-order valence-corrected chi connectivity index (χ3v) is 5.08. The zero-order valence-corrected chi connectivity index (χ0v) is 16.6. The SMILES string of the molecule is COc1cccn2cc(CCNC(=O)CCCN3C(=O)c4ccccc4C3=O)nc12. The lowest BCUT2D eigenvalue weighted by molar-refractivity contribution is -0.121. The van der Waals surface area contributed by atoms with Crippen LogP contribution < -0.4 is 10.1 Å². The van der Waals surface area contributed by atoms with Crippen LogP contribution in [-0.2, 0) is 11.2 Å². The van der Waals surface area contributed by atoms with Gasteiger partial charge in [-0.15, -0.1) is 0 Å². The Balaban J connectivity index is 1.23. The minimum absolute atomic E-state index is 0.118. The van der Waals surface area contributed by atoms with Crippen molar-refractivity contribution in [2.24, 2.45) is 0 Å². The highest BCUT2D eigenvalue weighted by molar-refractivity contribution is 6.21. The predicted molar refractivity (Wildman–Crippen MR) is 110 cm³/mol. The molecule has 3 aromatic rings. The van der Waals surface area contributed by atoms with E-state index in [0.29, 0.717) is 36.3 Å². The van der Waals surface area contributed by atoms with Crippen LogP contribution in [0.1, 0.15) is 39.3 Å². The second-order valence-electron chi connectivity index (χ2n) is 7.05. The molecule has 0 saturated heterocycles. The number of amides is 3. The second-order valence-corrected chi connectivity index (χ2v) is 7.05. The maximum atomic E-state index is 12.3. The van der Waals surface area contributed by atoms with Gasteiger partial charge in [-0.3, -0.25) is 19.3 Å². The molecular weight excluding hydrogens is 384 g/mol. The first-order chi connectivity index (χ1) is 14.6. The topological polar surface area (TPSA) is 93.0 Å². The number of nitrogens with zero attached hydrogens (tertiary/aromatic N) is 3. The number of carbonyl (C=O) groups excluding carboxylic acids is 3. The molecule has 0 bridgehead atoms. The number of imidazole rings is 1. The van der Waals surface area contributed by atoms with E-state index >= 15 is 0 Å². The molecule has 0 spiro atoms. The number of benzene rings is 1. The summed E-state index contributed by atoms with van der Waals surface area (Å²) in [5.41, 5.74) is 2.44. The number of fused-ring (bicyclic) bond motifs is 2. The summed E-state index contributed by atoms with van der Waals surface area (Å²) < 4.78 is 7.19. The van der Waals surface area contributed by atoms with Gasteiger partial charge in [-0.25, -0.2) is 4.98 Å². The van der Waals surface area contributed by atoms with Gasteiger partial charge in [0.25, 0.3) is 11.8 Å². The molecule has 30 heavy (non-hydrogen) atoms. The molecular formula is C22H22N4O4. The van der Waals surface area contributed by atoms with E-state index in [1.54, 1.807) is 31.4 Å². The van der Waals surface area contributed by atoms with Crippen LogP contribution in [0.5, 0.6) is 5.75 Å². The lowest BCUT2D eigenvalue weighted by Gasteiger charge is -2.13. The van der Waals surface area contributed by atoms with Crippen LogP contribution in [0.4, 0.5) is 0 Å². The van der Waals surface area contributed by atoms with Crippen LogP contribution in [0.3, 0.4) is 0 Å².